The standard InChI is InChI=1S/C16H25NO4S.Na.H/c1-12-11-16(2,3)17(8-5-9-22(18,19)20)15-10-13(21-4)6-7-14(12)15;;/h6-7,10,12H,5,8-9,11H2,1-4H3,(H,18,19,20);;. The van der Waals surface area contributed by atoms with Gasteiger partial charge in [-0.1, -0.05) is 13.0 Å². The second-order valence-electron chi connectivity index (χ2n) is 6.63. The Balaban J connectivity index is 0.00000264. The van der Waals surface area contributed by atoms with Crippen LogP contribution in [-0.4, -0.2) is 67.5 Å². The Kier molecular flexibility index (Phi) is 6.99. The number of nitrogens with zero attached hydrogens (tertiary/aromatic N) is 1. The van der Waals surface area contributed by atoms with Crippen LogP contribution in [0.1, 0.15) is 45.1 Å². The van der Waals surface area contributed by atoms with E-state index in [1.165, 1.54) is 5.56 Å². The van der Waals surface area contributed by atoms with E-state index in [0.717, 1.165) is 17.9 Å². The summed E-state index contributed by atoms with van der Waals surface area (Å²) in [6.07, 6.45) is 1.39. The Bertz CT molecular complexity index is 645. The van der Waals surface area contributed by atoms with Crippen LogP contribution in [0.2, 0.25) is 0 Å². The van der Waals surface area contributed by atoms with Crippen molar-refractivity contribution in [2.75, 3.05) is 24.3 Å². The van der Waals surface area contributed by atoms with Crippen LogP contribution in [0.4, 0.5) is 5.69 Å². The van der Waals surface area contributed by atoms with Crippen LogP contribution in [-0.2, 0) is 10.1 Å². The van der Waals surface area contributed by atoms with E-state index in [2.05, 4.69) is 31.7 Å². The number of hydrogen-bond acceptors (Lipinski definition) is 4. The van der Waals surface area contributed by atoms with Gasteiger partial charge >= 0.3 is 29.6 Å². The summed E-state index contributed by atoms with van der Waals surface area (Å²) in [4.78, 5) is 2.23. The first kappa shape index (κ1) is 20.8. The predicted molar refractivity (Wildman–Crippen MR) is 95.6 cm³/mol. The zero-order chi connectivity index (χ0) is 16.5. The van der Waals surface area contributed by atoms with Crippen LogP contribution >= 0.6 is 0 Å². The molecule has 1 aromatic rings. The molecule has 2 rings (SSSR count). The van der Waals surface area contributed by atoms with Crippen molar-refractivity contribution in [3.8, 4) is 5.75 Å². The molecule has 0 bridgehead atoms. The number of rotatable bonds is 5. The molecule has 0 saturated carbocycles. The third-order valence-electron chi connectivity index (χ3n) is 4.38. The molecule has 1 heterocycles. The maximum atomic E-state index is 10.9. The van der Waals surface area contributed by atoms with Gasteiger partial charge in [-0.15, -0.1) is 0 Å². The topological polar surface area (TPSA) is 66.8 Å². The minimum absolute atomic E-state index is 0. The van der Waals surface area contributed by atoms with Crippen molar-refractivity contribution in [2.24, 2.45) is 0 Å². The van der Waals surface area contributed by atoms with E-state index < -0.39 is 10.1 Å². The quantitative estimate of drug-likeness (QED) is 0.652. The van der Waals surface area contributed by atoms with Crippen LogP contribution in [0, 0.1) is 0 Å². The van der Waals surface area contributed by atoms with Gasteiger partial charge in [0, 0.05) is 23.8 Å². The van der Waals surface area contributed by atoms with Crippen molar-refractivity contribution in [2.45, 2.75) is 45.1 Å². The first-order chi connectivity index (χ1) is 10.1. The number of benzene rings is 1. The van der Waals surface area contributed by atoms with Gasteiger partial charge < -0.3 is 9.64 Å². The van der Waals surface area contributed by atoms with Crippen molar-refractivity contribution in [3.63, 3.8) is 0 Å². The molecule has 1 atom stereocenters. The van der Waals surface area contributed by atoms with E-state index in [9.17, 15) is 8.42 Å². The Morgan fingerprint density at radius 3 is 2.61 bits per heavy atom. The zero-order valence-electron chi connectivity index (χ0n) is 13.7. The number of ether oxygens (including phenoxy) is 1. The second kappa shape index (κ2) is 7.74. The third kappa shape index (κ3) is 5.10. The fourth-order valence-corrected chi connectivity index (χ4v) is 3.92. The van der Waals surface area contributed by atoms with Crippen LogP contribution in [0.25, 0.3) is 0 Å². The summed E-state index contributed by atoms with van der Waals surface area (Å²) < 4.78 is 36.2. The van der Waals surface area contributed by atoms with Crippen molar-refractivity contribution in [1.82, 2.24) is 0 Å². The summed E-state index contributed by atoms with van der Waals surface area (Å²) >= 11 is 0. The molecule has 1 aromatic carbocycles. The van der Waals surface area contributed by atoms with Gasteiger partial charge in [-0.3, -0.25) is 4.55 Å². The van der Waals surface area contributed by atoms with Gasteiger partial charge in [0.15, 0.2) is 0 Å². The monoisotopic (exact) mass is 351 g/mol. The second-order valence-corrected chi connectivity index (χ2v) is 8.21. The van der Waals surface area contributed by atoms with Crippen molar-refractivity contribution in [1.29, 1.82) is 0 Å². The van der Waals surface area contributed by atoms with Crippen molar-refractivity contribution >= 4 is 45.4 Å². The van der Waals surface area contributed by atoms with Crippen molar-refractivity contribution in [3.05, 3.63) is 23.8 Å². The van der Waals surface area contributed by atoms with Gasteiger partial charge in [-0.25, -0.2) is 0 Å². The summed E-state index contributed by atoms with van der Waals surface area (Å²) in [6.45, 7) is 7.13. The first-order valence-electron chi connectivity index (χ1n) is 7.55. The molecule has 0 spiro atoms. The summed E-state index contributed by atoms with van der Waals surface area (Å²) in [5.41, 5.74) is 2.28. The molecule has 23 heavy (non-hydrogen) atoms. The Morgan fingerprint density at radius 2 is 2.04 bits per heavy atom. The average molecular weight is 351 g/mol. The van der Waals surface area contributed by atoms with E-state index in [0.29, 0.717) is 18.9 Å². The molecule has 0 radical (unpaired) electrons. The normalized spacial score (nSPS) is 19.7. The van der Waals surface area contributed by atoms with Gasteiger partial charge in [-0.05, 0) is 44.2 Å². The molecule has 1 N–H and O–H groups in total. The Labute approximate surface area is 161 Å². The number of fused-ring (bicyclic) bond motifs is 1. The third-order valence-corrected chi connectivity index (χ3v) is 5.18. The van der Waals surface area contributed by atoms with Gasteiger partial charge in [0.2, 0.25) is 0 Å². The summed E-state index contributed by atoms with van der Waals surface area (Å²) in [6, 6.07) is 6.06. The van der Waals surface area contributed by atoms with E-state index in [4.69, 9.17) is 9.29 Å². The maximum absolute atomic E-state index is 10.9. The van der Waals surface area contributed by atoms with E-state index >= 15 is 0 Å². The number of methoxy groups -OCH3 is 1. The molecule has 0 fully saturated rings. The van der Waals surface area contributed by atoms with Gasteiger partial charge in [0.05, 0.1) is 12.9 Å². The van der Waals surface area contributed by atoms with Gasteiger partial charge in [0.25, 0.3) is 10.1 Å². The summed E-state index contributed by atoms with van der Waals surface area (Å²) in [5, 5.41) is 0. The van der Waals surface area contributed by atoms with E-state index in [1.54, 1.807) is 7.11 Å². The van der Waals surface area contributed by atoms with Crippen LogP contribution in [0.5, 0.6) is 5.75 Å². The molecule has 1 aliphatic rings. The number of anilines is 1. The molecule has 7 heteroatoms. The summed E-state index contributed by atoms with van der Waals surface area (Å²) in [7, 11) is -2.27. The van der Waals surface area contributed by atoms with Crippen molar-refractivity contribution < 1.29 is 17.7 Å². The molecule has 0 amide bonds. The first-order valence-corrected chi connectivity index (χ1v) is 9.16. The Hall–Kier alpha value is -0.270. The summed E-state index contributed by atoms with van der Waals surface area (Å²) in [5.74, 6) is 1.02. The molecule has 126 valence electrons. The SMILES string of the molecule is COc1ccc2c(c1)N(CCCS(=O)(=O)O)C(C)(C)CC2C.[NaH]. The average Bonchev–Trinajstić information content (AvgIpc) is 2.40. The molecule has 1 unspecified atom stereocenters. The molecule has 5 nitrogen and oxygen atoms in total. The van der Waals surface area contributed by atoms with Crippen LogP contribution < -0.4 is 9.64 Å². The molecule has 0 aliphatic carbocycles. The van der Waals surface area contributed by atoms with E-state index in [1.807, 2.05) is 12.1 Å². The fourth-order valence-electron chi connectivity index (χ4n) is 3.42. The number of hydrogen-bond donors (Lipinski definition) is 1. The fraction of sp³-hybridized carbons (Fsp3) is 0.625. The zero-order valence-corrected chi connectivity index (χ0v) is 14.5. The molecule has 0 aromatic heterocycles. The molecular formula is C16H26NNaO4S. The molecule has 1 aliphatic heterocycles. The van der Waals surface area contributed by atoms with E-state index in [-0.39, 0.29) is 40.8 Å². The Morgan fingerprint density at radius 1 is 1.39 bits per heavy atom. The van der Waals surface area contributed by atoms with Crippen LogP contribution in [0.3, 0.4) is 0 Å². The van der Waals surface area contributed by atoms with Crippen LogP contribution in [0.15, 0.2) is 18.2 Å². The molecular weight excluding hydrogens is 325 g/mol. The van der Waals surface area contributed by atoms with Gasteiger partial charge in [0.1, 0.15) is 5.75 Å². The minimum atomic E-state index is -3.91. The predicted octanol–water partition coefficient (Wildman–Crippen LogP) is 2.42. The van der Waals surface area contributed by atoms with Gasteiger partial charge in [-0.2, -0.15) is 8.42 Å². The molecule has 0 saturated heterocycles.